The summed E-state index contributed by atoms with van der Waals surface area (Å²) < 4.78 is 54.3. The van der Waals surface area contributed by atoms with Gasteiger partial charge in [0.05, 0.1) is 28.1 Å². The Kier molecular flexibility index (Phi) is 4.67. The van der Waals surface area contributed by atoms with E-state index in [0.29, 0.717) is 11.0 Å². The highest BCUT2D eigenvalue weighted by Crippen LogP contribution is 2.46. The van der Waals surface area contributed by atoms with Gasteiger partial charge in [-0.05, 0) is 71.0 Å². The van der Waals surface area contributed by atoms with Gasteiger partial charge in [-0.1, -0.05) is 6.07 Å². The number of hydrogen-bond donors (Lipinski definition) is 1. The van der Waals surface area contributed by atoms with Crippen LogP contribution >= 0.6 is 0 Å². The van der Waals surface area contributed by atoms with Crippen LogP contribution in [0.2, 0.25) is 0 Å². The van der Waals surface area contributed by atoms with Crippen molar-refractivity contribution >= 4 is 24.2 Å². The Balaban J connectivity index is 1.79. The molecule has 4 rings (SSSR count). The Bertz CT molecular complexity index is 873. The number of nitrogens with zero attached hydrogens (tertiary/aromatic N) is 1. The molecule has 0 unspecified atom stereocenters. The fraction of sp³-hybridized carbons (Fsp3) is 0.667. The molecular formula is C21H27BF3NO4. The number of fused-ring (bicyclic) bond motifs is 1. The highest BCUT2D eigenvalue weighted by molar-refractivity contribution is 6.62. The molecule has 1 N–H and O–H groups in total. The van der Waals surface area contributed by atoms with Crippen LogP contribution < -0.4 is 10.4 Å². The van der Waals surface area contributed by atoms with E-state index >= 15 is 0 Å². The highest BCUT2D eigenvalue weighted by Gasteiger charge is 2.53. The fourth-order valence-electron chi connectivity index (χ4n) is 4.54. The molecule has 1 aromatic rings. The van der Waals surface area contributed by atoms with Gasteiger partial charge in [-0.25, -0.2) is 0 Å². The minimum absolute atomic E-state index is 0.0838. The van der Waals surface area contributed by atoms with Gasteiger partial charge in [0.2, 0.25) is 5.91 Å². The fourth-order valence-corrected chi connectivity index (χ4v) is 4.54. The molecule has 1 aromatic carbocycles. The maximum Gasteiger partial charge on any atom is 0.494 e. The Morgan fingerprint density at radius 3 is 2.13 bits per heavy atom. The van der Waals surface area contributed by atoms with Gasteiger partial charge in [-0.3, -0.25) is 4.79 Å². The van der Waals surface area contributed by atoms with Crippen molar-refractivity contribution in [2.45, 2.75) is 89.3 Å². The molecule has 0 aromatic heterocycles. The lowest BCUT2D eigenvalue weighted by Gasteiger charge is -2.49. The third-order valence-electron chi connectivity index (χ3n) is 6.88. The summed E-state index contributed by atoms with van der Waals surface area (Å²) in [6, 6.07) is 2.28. The van der Waals surface area contributed by atoms with E-state index in [1.54, 1.807) is 13.0 Å². The van der Waals surface area contributed by atoms with E-state index in [1.165, 1.54) is 4.90 Å². The number of amides is 1. The van der Waals surface area contributed by atoms with E-state index in [-0.39, 0.29) is 37.3 Å². The zero-order chi connectivity index (χ0) is 22.3. The molecular weight excluding hydrogens is 398 g/mol. The lowest BCUT2D eigenvalue weighted by molar-refractivity contribution is -0.137. The molecule has 5 nitrogen and oxygen atoms in total. The molecule has 1 aliphatic carbocycles. The number of benzene rings is 1. The van der Waals surface area contributed by atoms with Crippen LogP contribution in [0.25, 0.3) is 0 Å². The van der Waals surface area contributed by atoms with E-state index in [0.717, 1.165) is 6.07 Å². The smallest absolute Gasteiger partial charge is 0.399 e. The molecule has 9 heteroatoms. The third-order valence-corrected chi connectivity index (χ3v) is 6.88. The first-order valence-corrected chi connectivity index (χ1v) is 10.3. The van der Waals surface area contributed by atoms with Crippen molar-refractivity contribution in [3.63, 3.8) is 0 Å². The molecule has 2 aliphatic heterocycles. The van der Waals surface area contributed by atoms with Gasteiger partial charge >= 0.3 is 13.3 Å². The minimum atomic E-state index is -4.65. The van der Waals surface area contributed by atoms with Gasteiger partial charge in [0, 0.05) is 12.5 Å². The van der Waals surface area contributed by atoms with Crippen LogP contribution in [-0.4, -0.2) is 41.0 Å². The lowest BCUT2D eigenvalue weighted by Crippen LogP contribution is -2.57. The van der Waals surface area contributed by atoms with Gasteiger partial charge < -0.3 is 19.3 Å². The first kappa shape index (κ1) is 21.6. The van der Waals surface area contributed by atoms with Crippen molar-refractivity contribution in [3.8, 4) is 0 Å². The molecule has 1 amide bonds. The largest absolute Gasteiger partial charge is 0.494 e. The SMILES string of the molecule is CC1(O)CC(N2C(=O)CCc3cc(B4OC(C)(C)C(C)(C)O4)cc(C(F)(F)F)c32)C1. The molecule has 0 radical (unpaired) electrons. The Morgan fingerprint density at radius 1 is 1.07 bits per heavy atom. The number of halogens is 3. The average molecular weight is 425 g/mol. The monoisotopic (exact) mass is 425 g/mol. The topological polar surface area (TPSA) is 59.0 Å². The van der Waals surface area contributed by atoms with E-state index in [9.17, 15) is 23.1 Å². The zero-order valence-corrected chi connectivity index (χ0v) is 17.9. The summed E-state index contributed by atoms with van der Waals surface area (Å²) in [7, 11) is -0.920. The van der Waals surface area contributed by atoms with Crippen LogP contribution in [0.3, 0.4) is 0 Å². The molecule has 1 saturated heterocycles. The van der Waals surface area contributed by atoms with Crippen LogP contribution in [0, 0.1) is 0 Å². The lowest BCUT2D eigenvalue weighted by atomic mass is 9.73. The number of rotatable bonds is 2. The van der Waals surface area contributed by atoms with Gasteiger partial charge in [0.1, 0.15) is 0 Å². The molecule has 164 valence electrons. The van der Waals surface area contributed by atoms with Crippen molar-refractivity contribution in [2.75, 3.05) is 4.90 Å². The van der Waals surface area contributed by atoms with Gasteiger partial charge in [0.15, 0.2) is 0 Å². The normalized spacial score (nSPS) is 30.3. The number of carbonyl (C=O) groups is 1. The molecule has 30 heavy (non-hydrogen) atoms. The van der Waals surface area contributed by atoms with Crippen LogP contribution in [0.1, 0.15) is 65.0 Å². The quantitative estimate of drug-likeness (QED) is 0.740. The maximum absolute atomic E-state index is 14.1. The summed E-state index contributed by atoms with van der Waals surface area (Å²) in [5, 5.41) is 10.1. The number of aliphatic hydroxyl groups is 1. The van der Waals surface area contributed by atoms with E-state index in [4.69, 9.17) is 9.31 Å². The first-order chi connectivity index (χ1) is 13.6. The highest BCUT2D eigenvalue weighted by atomic mass is 19.4. The van der Waals surface area contributed by atoms with Gasteiger partial charge in [-0.2, -0.15) is 13.2 Å². The Hall–Kier alpha value is -1.58. The van der Waals surface area contributed by atoms with E-state index in [2.05, 4.69) is 0 Å². The summed E-state index contributed by atoms with van der Waals surface area (Å²) in [4.78, 5) is 13.9. The minimum Gasteiger partial charge on any atom is -0.399 e. The second-order valence-electron chi connectivity index (χ2n) is 9.98. The third kappa shape index (κ3) is 3.44. The molecule has 3 aliphatic rings. The van der Waals surface area contributed by atoms with Crippen LogP contribution in [0.15, 0.2) is 12.1 Å². The van der Waals surface area contributed by atoms with Gasteiger partial charge in [-0.15, -0.1) is 0 Å². The summed E-state index contributed by atoms with van der Waals surface area (Å²) in [6.07, 6.45) is -3.77. The molecule has 2 heterocycles. The average Bonchev–Trinajstić information content (AvgIpc) is 2.78. The molecule has 2 fully saturated rings. The summed E-state index contributed by atoms with van der Waals surface area (Å²) in [6.45, 7) is 9.01. The maximum atomic E-state index is 14.1. The molecule has 1 saturated carbocycles. The van der Waals surface area contributed by atoms with Crippen LogP contribution in [-0.2, 0) is 26.7 Å². The van der Waals surface area contributed by atoms with Crippen molar-refractivity contribution < 1.29 is 32.4 Å². The predicted molar refractivity (Wildman–Crippen MR) is 107 cm³/mol. The van der Waals surface area contributed by atoms with Crippen LogP contribution in [0.4, 0.5) is 18.9 Å². The predicted octanol–water partition coefficient (Wildman–Crippen LogP) is 3.20. The number of carbonyl (C=O) groups excluding carboxylic acids is 1. The number of aryl methyl sites for hydroxylation is 1. The molecule has 0 spiro atoms. The first-order valence-electron chi connectivity index (χ1n) is 10.3. The Labute approximate surface area is 174 Å². The summed E-state index contributed by atoms with van der Waals surface area (Å²) in [5.74, 6) is -0.336. The Morgan fingerprint density at radius 2 is 1.63 bits per heavy atom. The molecule has 0 bridgehead atoms. The second kappa shape index (κ2) is 6.47. The van der Waals surface area contributed by atoms with Crippen molar-refractivity contribution in [1.29, 1.82) is 0 Å². The van der Waals surface area contributed by atoms with E-state index in [1.807, 2.05) is 27.7 Å². The number of anilines is 1. The van der Waals surface area contributed by atoms with Crippen molar-refractivity contribution in [3.05, 3.63) is 23.3 Å². The van der Waals surface area contributed by atoms with Gasteiger partial charge in [0.25, 0.3) is 0 Å². The van der Waals surface area contributed by atoms with Crippen molar-refractivity contribution in [1.82, 2.24) is 0 Å². The zero-order valence-electron chi connectivity index (χ0n) is 17.9. The number of alkyl halides is 3. The molecule has 0 atom stereocenters. The van der Waals surface area contributed by atoms with Crippen molar-refractivity contribution in [2.24, 2.45) is 0 Å². The standard InChI is InChI=1S/C21H27BF3NO4/c1-18(2)19(3,4)30-22(29-18)13-8-12-6-7-16(27)26(14-10-20(5,28)11-14)17(12)15(9-13)21(23,24)25/h8-9,14,28H,6-7,10-11H2,1-5H3. The number of hydrogen-bond acceptors (Lipinski definition) is 4. The van der Waals surface area contributed by atoms with Crippen LogP contribution in [0.5, 0.6) is 0 Å². The van der Waals surface area contributed by atoms with E-state index < -0.39 is 41.7 Å². The summed E-state index contributed by atoms with van der Waals surface area (Å²) in [5.41, 5.74) is -2.49. The summed E-state index contributed by atoms with van der Waals surface area (Å²) >= 11 is 0. The second-order valence-corrected chi connectivity index (χ2v) is 9.98.